The molecule has 0 bridgehead atoms. The first kappa shape index (κ1) is 58.8. The molecule has 0 amide bonds. The molecule has 0 saturated heterocycles. The van der Waals surface area contributed by atoms with Crippen LogP contribution in [0.15, 0.2) is 218 Å². The highest BCUT2D eigenvalue weighted by atomic mass is 15.2. The molecule has 0 atom stereocenters. The van der Waals surface area contributed by atoms with Gasteiger partial charge in [0.25, 0.3) is 0 Å². The predicted octanol–water partition coefficient (Wildman–Crippen LogP) is 23.6. The lowest BCUT2D eigenvalue weighted by atomic mass is 10.1. The molecule has 0 radical (unpaired) electrons. The Kier molecular flexibility index (Phi) is 21.7. The van der Waals surface area contributed by atoms with Crippen molar-refractivity contribution in [1.82, 2.24) is 0 Å². The molecule has 9 aromatic rings. The SMILES string of the molecule is CCCCc1ccc(N(c2ccc(CCCC)cc2)c2ccc(N(c3ccc(N(c4ccc(CCCC)cc4)c4ccc(CCCC)cc4)cc3)c3ccc(N(c4ccc(CCCC)cc4)c4ccc(CCCC)cc4)cc3)cc2)cc1. The topological polar surface area (TPSA) is 13.0 Å². The van der Waals surface area contributed by atoms with Crippen LogP contribution in [0.1, 0.15) is 152 Å². The number of aryl methyl sites for hydroxylation is 6. The van der Waals surface area contributed by atoms with Gasteiger partial charge in [-0.15, -0.1) is 0 Å². The van der Waals surface area contributed by atoms with E-state index in [-0.39, 0.29) is 0 Å². The van der Waals surface area contributed by atoms with Crippen molar-refractivity contribution in [3.63, 3.8) is 0 Å². The van der Waals surface area contributed by atoms with Crippen LogP contribution in [0, 0.1) is 0 Å². The standard InChI is InChI=1S/C78H90N4/c1-7-13-19-61-25-37-67(38-26-61)79(68-39-27-62(28-40-68)20-14-8-2)73-49-55-76(56-50-73)82(77-57-51-74(52-58-77)80(69-41-29-63(30-42-69)21-15-9-3)70-43-31-64(32-44-70)22-16-10-4)78-59-53-75(54-60-78)81(71-45-33-65(34-46-71)23-17-11-5)72-47-35-66(36-48-72)24-18-12-6/h25-60H,7-24H2,1-6H3. The lowest BCUT2D eigenvalue weighted by Crippen LogP contribution is -2.14. The number of benzene rings is 9. The van der Waals surface area contributed by atoms with Gasteiger partial charge in [0.15, 0.2) is 0 Å². The van der Waals surface area contributed by atoms with Crippen LogP contribution < -0.4 is 19.6 Å². The van der Waals surface area contributed by atoms with E-state index in [1.165, 1.54) is 110 Å². The van der Waals surface area contributed by atoms with E-state index < -0.39 is 0 Å². The Labute approximate surface area is 494 Å². The molecule has 82 heavy (non-hydrogen) atoms. The number of anilines is 12. The van der Waals surface area contributed by atoms with E-state index in [4.69, 9.17) is 0 Å². The number of nitrogens with zero attached hydrogens (tertiary/aromatic N) is 4. The summed E-state index contributed by atoms with van der Waals surface area (Å²) in [4.78, 5) is 9.64. The van der Waals surface area contributed by atoms with Gasteiger partial charge in [-0.2, -0.15) is 0 Å². The molecular weight excluding hydrogens is 993 g/mol. The van der Waals surface area contributed by atoms with Gasteiger partial charge >= 0.3 is 0 Å². The maximum atomic E-state index is 2.41. The summed E-state index contributed by atoms with van der Waals surface area (Å²) in [5.41, 5.74) is 21.8. The zero-order chi connectivity index (χ0) is 56.9. The fourth-order valence-corrected chi connectivity index (χ4v) is 11.2. The molecule has 9 aromatic carbocycles. The van der Waals surface area contributed by atoms with Crippen LogP contribution in [0.25, 0.3) is 0 Å². The van der Waals surface area contributed by atoms with Crippen LogP contribution in [-0.4, -0.2) is 0 Å². The maximum Gasteiger partial charge on any atom is 0.0463 e. The van der Waals surface area contributed by atoms with Gasteiger partial charge in [0.05, 0.1) is 0 Å². The summed E-state index contributed by atoms with van der Waals surface area (Å²) in [5.74, 6) is 0. The minimum absolute atomic E-state index is 1.08. The number of unbranched alkanes of at least 4 members (excludes halogenated alkanes) is 6. The third-order valence-electron chi connectivity index (χ3n) is 16.2. The minimum Gasteiger partial charge on any atom is -0.311 e. The second-order valence-corrected chi connectivity index (χ2v) is 22.5. The molecule has 0 aliphatic heterocycles. The highest BCUT2D eigenvalue weighted by molar-refractivity contribution is 5.85. The lowest BCUT2D eigenvalue weighted by Gasteiger charge is -2.30. The summed E-state index contributed by atoms with van der Waals surface area (Å²) in [7, 11) is 0. The molecule has 0 N–H and O–H groups in total. The molecule has 422 valence electrons. The predicted molar refractivity (Wildman–Crippen MR) is 357 cm³/mol. The molecule has 0 unspecified atom stereocenters. The van der Waals surface area contributed by atoms with E-state index in [9.17, 15) is 0 Å². The molecule has 9 rings (SSSR count). The minimum atomic E-state index is 1.08. The number of hydrogen-bond acceptors (Lipinski definition) is 4. The van der Waals surface area contributed by atoms with Crippen LogP contribution in [0.5, 0.6) is 0 Å². The van der Waals surface area contributed by atoms with Gasteiger partial charge in [-0.3, -0.25) is 0 Å². The molecule has 0 aliphatic carbocycles. The molecule has 0 aromatic heterocycles. The first-order valence-electron chi connectivity index (χ1n) is 31.4. The average molecular weight is 1080 g/mol. The van der Waals surface area contributed by atoms with Crippen molar-refractivity contribution in [2.24, 2.45) is 0 Å². The van der Waals surface area contributed by atoms with Gasteiger partial charge in [0, 0.05) is 68.2 Å². The summed E-state index contributed by atoms with van der Waals surface area (Å²) >= 11 is 0. The van der Waals surface area contributed by atoms with Crippen molar-refractivity contribution < 1.29 is 0 Å². The molecule has 4 heteroatoms. The first-order valence-corrected chi connectivity index (χ1v) is 31.4. The highest BCUT2D eigenvalue weighted by Gasteiger charge is 2.20. The van der Waals surface area contributed by atoms with Crippen LogP contribution in [0.4, 0.5) is 68.2 Å². The third-order valence-corrected chi connectivity index (χ3v) is 16.2. The largest absolute Gasteiger partial charge is 0.311 e. The van der Waals surface area contributed by atoms with E-state index in [1.807, 2.05) is 0 Å². The number of rotatable bonds is 30. The maximum absolute atomic E-state index is 2.41. The quantitative estimate of drug-likeness (QED) is 0.0445. The van der Waals surface area contributed by atoms with E-state index in [2.05, 4.69) is 280 Å². The molecule has 0 spiro atoms. The van der Waals surface area contributed by atoms with E-state index >= 15 is 0 Å². The second kappa shape index (κ2) is 30.3. The zero-order valence-corrected chi connectivity index (χ0v) is 50.3. The molecule has 0 saturated carbocycles. The Morgan fingerprint density at radius 2 is 0.256 bits per heavy atom. The van der Waals surface area contributed by atoms with Gasteiger partial charge in [-0.25, -0.2) is 0 Å². The summed E-state index contributed by atoms with van der Waals surface area (Å²) in [6, 6.07) is 83.0. The lowest BCUT2D eigenvalue weighted by molar-refractivity contribution is 0.795. The van der Waals surface area contributed by atoms with Crippen LogP contribution in [0.2, 0.25) is 0 Å². The van der Waals surface area contributed by atoms with Crippen molar-refractivity contribution in [2.45, 2.75) is 157 Å². The van der Waals surface area contributed by atoms with E-state index in [1.54, 1.807) is 0 Å². The van der Waals surface area contributed by atoms with Crippen molar-refractivity contribution >= 4 is 68.2 Å². The fourth-order valence-electron chi connectivity index (χ4n) is 11.2. The summed E-state index contributed by atoms with van der Waals surface area (Å²) in [6.07, 6.45) is 20.9. The normalized spacial score (nSPS) is 11.2. The number of hydrogen-bond donors (Lipinski definition) is 0. The Bertz CT molecular complexity index is 2740. The molecular formula is C78H90N4. The van der Waals surface area contributed by atoms with Gasteiger partial charge in [-0.05, 0) is 256 Å². The summed E-state index contributed by atoms with van der Waals surface area (Å²) < 4.78 is 0. The first-order chi connectivity index (χ1) is 40.4. The van der Waals surface area contributed by atoms with Crippen molar-refractivity contribution in [3.8, 4) is 0 Å². The van der Waals surface area contributed by atoms with Gasteiger partial charge < -0.3 is 19.6 Å². The fraction of sp³-hybridized carbons (Fsp3) is 0.308. The molecule has 0 aliphatic rings. The summed E-state index contributed by atoms with van der Waals surface area (Å²) in [6.45, 7) is 13.6. The van der Waals surface area contributed by atoms with Gasteiger partial charge in [0.2, 0.25) is 0 Å². The van der Waals surface area contributed by atoms with Crippen molar-refractivity contribution in [1.29, 1.82) is 0 Å². The zero-order valence-electron chi connectivity index (χ0n) is 50.3. The van der Waals surface area contributed by atoms with Crippen LogP contribution >= 0.6 is 0 Å². The average Bonchev–Trinajstić information content (AvgIpc) is 3.60. The van der Waals surface area contributed by atoms with Crippen LogP contribution in [-0.2, 0) is 38.5 Å². The van der Waals surface area contributed by atoms with E-state index in [0.29, 0.717) is 0 Å². The van der Waals surface area contributed by atoms with Crippen LogP contribution in [0.3, 0.4) is 0 Å². The van der Waals surface area contributed by atoms with Crippen molar-refractivity contribution in [2.75, 3.05) is 19.6 Å². The third kappa shape index (κ3) is 15.4. The van der Waals surface area contributed by atoms with Crippen molar-refractivity contribution in [3.05, 3.63) is 252 Å². The monoisotopic (exact) mass is 1080 g/mol. The Morgan fingerprint density at radius 3 is 0.354 bits per heavy atom. The Hall–Kier alpha value is -7.82. The Balaban J connectivity index is 1.12. The smallest absolute Gasteiger partial charge is 0.0463 e. The second-order valence-electron chi connectivity index (χ2n) is 22.5. The highest BCUT2D eigenvalue weighted by Crippen LogP contribution is 2.43. The molecule has 0 heterocycles. The van der Waals surface area contributed by atoms with Gasteiger partial charge in [0.1, 0.15) is 0 Å². The molecule has 4 nitrogen and oxygen atoms in total. The van der Waals surface area contributed by atoms with E-state index in [0.717, 1.165) is 107 Å². The van der Waals surface area contributed by atoms with Gasteiger partial charge in [-0.1, -0.05) is 153 Å². The molecule has 0 fully saturated rings. The Morgan fingerprint density at radius 1 is 0.159 bits per heavy atom. The summed E-state index contributed by atoms with van der Waals surface area (Å²) in [5, 5.41) is 0.